The van der Waals surface area contributed by atoms with E-state index in [4.69, 9.17) is 9.84 Å². The molecule has 1 aromatic heterocycles. The van der Waals surface area contributed by atoms with Gasteiger partial charge in [0.2, 0.25) is 0 Å². The first-order valence-electron chi connectivity index (χ1n) is 10.3. The Hall–Kier alpha value is -4.40. The Balaban J connectivity index is 1.40. The second kappa shape index (κ2) is 9.39. The van der Waals surface area contributed by atoms with Gasteiger partial charge in [-0.1, -0.05) is 54.6 Å². The minimum atomic E-state index is -1.15. The average molecular weight is 446 g/mol. The van der Waals surface area contributed by atoms with Crippen LogP contribution < -0.4 is 5.32 Å². The molecule has 0 fully saturated rings. The molecule has 0 saturated carbocycles. The number of fused-ring (bicyclic) bond motifs is 3. The van der Waals surface area contributed by atoms with Crippen molar-refractivity contribution in [3.8, 4) is 11.1 Å². The van der Waals surface area contributed by atoms with Gasteiger partial charge in [0.1, 0.15) is 18.8 Å². The smallest absolute Gasteiger partial charge is 0.412 e. The topological polar surface area (TPSA) is 125 Å². The number of carboxylic acid groups (broad SMARTS) is 1. The molecule has 0 atom stereocenters. The molecule has 0 bridgehead atoms. The maximum atomic E-state index is 12.5. The zero-order chi connectivity index (χ0) is 23.4. The second-order valence-electron chi connectivity index (χ2n) is 7.49. The highest BCUT2D eigenvalue weighted by atomic mass is 16.5. The number of aliphatic carboxylic acids is 1. The summed E-state index contributed by atoms with van der Waals surface area (Å²) in [6.45, 7) is 3.23. The van der Waals surface area contributed by atoms with Crippen molar-refractivity contribution in [1.82, 2.24) is 15.1 Å². The molecule has 0 spiro atoms. The summed E-state index contributed by atoms with van der Waals surface area (Å²) >= 11 is 0. The first-order chi connectivity index (χ1) is 16.0. The van der Waals surface area contributed by atoms with Crippen LogP contribution in [0.1, 0.15) is 27.5 Å². The van der Waals surface area contributed by atoms with Gasteiger partial charge in [0.15, 0.2) is 5.82 Å². The summed E-state index contributed by atoms with van der Waals surface area (Å²) in [6.07, 6.45) is 0.711. The average Bonchev–Trinajstić information content (AvgIpc) is 3.39. The number of nitrogens with zero attached hydrogens (tertiary/aromatic N) is 2. The Morgan fingerprint density at radius 3 is 2.36 bits per heavy atom. The van der Waals surface area contributed by atoms with Gasteiger partial charge < -0.3 is 14.7 Å². The molecule has 3 aromatic rings. The fraction of sp³-hybridized carbons (Fsp3) is 0.167. The molecule has 2 amide bonds. The fourth-order valence-electron chi connectivity index (χ4n) is 3.94. The predicted molar refractivity (Wildman–Crippen MR) is 121 cm³/mol. The van der Waals surface area contributed by atoms with E-state index < -0.39 is 24.5 Å². The molecule has 9 nitrogen and oxygen atoms in total. The Morgan fingerprint density at radius 2 is 1.76 bits per heavy atom. The van der Waals surface area contributed by atoms with E-state index in [2.05, 4.69) is 34.2 Å². The lowest BCUT2D eigenvalue weighted by atomic mass is 9.98. The summed E-state index contributed by atoms with van der Waals surface area (Å²) < 4.78 is 5.46. The number of benzene rings is 2. The van der Waals surface area contributed by atoms with Gasteiger partial charge in [-0.3, -0.25) is 20.0 Å². The quantitative estimate of drug-likeness (QED) is 0.455. The van der Waals surface area contributed by atoms with Gasteiger partial charge in [0.05, 0.1) is 0 Å². The largest absolute Gasteiger partial charge is 0.480 e. The summed E-state index contributed by atoms with van der Waals surface area (Å²) in [7, 11) is 0. The third-order valence-corrected chi connectivity index (χ3v) is 5.34. The van der Waals surface area contributed by atoms with Crippen molar-refractivity contribution < 1.29 is 24.2 Å². The van der Waals surface area contributed by atoms with E-state index in [1.165, 1.54) is 12.1 Å². The summed E-state index contributed by atoms with van der Waals surface area (Å²) in [4.78, 5) is 36.9. The van der Waals surface area contributed by atoms with Crippen molar-refractivity contribution in [3.05, 3.63) is 84.1 Å². The monoisotopic (exact) mass is 446 g/mol. The van der Waals surface area contributed by atoms with Crippen molar-refractivity contribution >= 4 is 23.8 Å². The van der Waals surface area contributed by atoms with Crippen LogP contribution in [0.2, 0.25) is 0 Å². The molecule has 0 unspecified atom stereocenters. The number of rotatable bonds is 8. The molecule has 0 aliphatic heterocycles. The Bertz CT molecular complexity index is 1170. The summed E-state index contributed by atoms with van der Waals surface area (Å²) in [5.41, 5.74) is 4.48. The van der Waals surface area contributed by atoms with Gasteiger partial charge in [-0.05, 0) is 22.3 Å². The number of aromatic nitrogens is 2. The predicted octanol–water partition coefficient (Wildman–Crippen LogP) is 3.48. The fourth-order valence-corrected chi connectivity index (χ4v) is 3.94. The zero-order valence-corrected chi connectivity index (χ0v) is 17.7. The summed E-state index contributed by atoms with van der Waals surface area (Å²) in [6, 6.07) is 17.4. The van der Waals surface area contributed by atoms with E-state index in [-0.39, 0.29) is 30.6 Å². The third-order valence-electron chi connectivity index (χ3n) is 5.34. The maximum absolute atomic E-state index is 12.5. The number of carbonyl (C=O) groups is 3. The van der Waals surface area contributed by atoms with Gasteiger partial charge in [0.25, 0.3) is 5.91 Å². The van der Waals surface area contributed by atoms with Crippen LogP contribution in [0.4, 0.5) is 10.6 Å². The molecular weight excluding hydrogens is 424 g/mol. The molecular formula is C24H22N4O5. The van der Waals surface area contributed by atoms with E-state index in [9.17, 15) is 14.4 Å². The van der Waals surface area contributed by atoms with Crippen molar-refractivity contribution in [3.63, 3.8) is 0 Å². The van der Waals surface area contributed by atoms with Gasteiger partial charge in [-0.2, -0.15) is 5.10 Å². The van der Waals surface area contributed by atoms with E-state index in [0.29, 0.717) is 0 Å². The van der Waals surface area contributed by atoms with Crippen LogP contribution in [0, 0.1) is 0 Å². The van der Waals surface area contributed by atoms with E-state index >= 15 is 0 Å². The molecule has 1 heterocycles. The van der Waals surface area contributed by atoms with Gasteiger partial charge in [-0.15, -0.1) is 6.58 Å². The Labute approximate surface area is 189 Å². The molecule has 4 rings (SSSR count). The van der Waals surface area contributed by atoms with Crippen molar-refractivity contribution in [1.29, 1.82) is 0 Å². The number of hydrogen-bond acceptors (Lipinski definition) is 5. The SMILES string of the molecule is C=CCN(CC(=O)O)C(=O)c1cc(NC(=O)OCC2c3ccccc3-c3ccccc32)n[nH]1. The van der Waals surface area contributed by atoms with Crippen LogP contribution in [0.25, 0.3) is 11.1 Å². The third kappa shape index (κ3) is 4.62. The highest BCUT2D eigenvalue weighted by molar-refractivity contribution is 5.95. The standard InChI is InChI=1S/C24H22N4O5/c1-2-11-28(13-22(29)30)23(31)20-12-21(27-26-20)25-24(32)33-14-19-17-9-5-3-7-15(17)16-8-4-6-10-18(16)19/h2-10,12,19H,1,11,13-14H2,(H,29,30)(H2,25,26,27,32). The number of carbonyl (C=O) groups excluding carboxylic acids is 2. The second-order valence-corrected chi connectivity index (χ2v) is 7.49. The Kier molecular flexibility index (Phi) is 6.21. The molecule has 33 heavy (non-hydrogen) atoms. The normalized spacial score (nSPS) is 11.9. The molecule has 168 valence electrons. The molecule has 9 heteroatoms. The first-order valence-corrected chi connectivity index (χ1v) is 10.3. The van der Waals surface area contributed by atoms with Crippen LogP contribution in [0.3, 0.4) is 0 Å². The highest BCUT2D eigenvalue weighted by Gasteiger charge is 2.29. The number of aromatic amines is 1. The number of carboxylic acids is 1. The lowest BCUT2D eigenvalue weighted by Gasteiger charge is -2.17. The van der Waals surface area contributed by atoms with Gasteiger partial charge in [0, 0.05) is 18.5 Å². The molecule has 3 N–H and O–H groups in total. The van der Waals surface area contributed by atoms with Crippen molar-refractivity contribution in [2.75, 3.05) is 25.0 Å². The summed E-state index contributed by atoms with van der Waals surface area (Å²) in [5, 5.41) is 17.9. The molecule has 0 saturated heterocycles. The van der Waals surface area contributed by atoms with Crippen molar-refractivity contribution in [2.24, 2.45) is 0 Å². The van der Waals surface area contributed by atoms with Crippen LogP contribution >= 0.6 is 0 Å². The van der Waals surface area contributed by atoms with E-state index in [1.807, 2.05) is 36.4 Å². The van der Waals surface area contributed by atoms with E-state index in [0.717, 1.165) is 27.2 Å². The molecule has 2 aromatic carbocycles. The maximum Gasteiger partial charge on any atom is 0.412 e. The number of nitrogens with one attached hydrogen (secondary N) is 2. The van der Waals surface area contributed by atoms with Crippen LogP contribution in [0.5, 0.6) is 0 Å². The lowest BCUT2D eigenvalue weighted by Crippen LogP contribution is -2.36. The molecule has 0 radical (unpaired) electrons. The number of ether oxygens (including phenoxy) is 1. The summed E-state index contributed by atoms with van der Waals surface area (Å²) in [5.74, 6) is -1.72. The number of H-pyrrole nitrogens is 1. The minimum absolute atomic E-state index is 0.0343. The molecule has 1 aliphatic carbocycles. The Morgan fingerprint density at radius 1 is 1.12 bits per heavy atom. The number of anilines is 1. The lowest BCUT2D eigenvalue weighted by molar-refractivity contribution is -0.137. The van der Waals surface area contributed by atoms with Gasteiger partial charge >= 0.3 is 12.1 Å². The molecule has 1 aliphatic rings. The number of hydrogen-bond donors (Lipinski definition) is 3. The highest BCUT2D eigenvalue weighted by Crippen LogP contribution is 2.44. The zero-order valence-electron chi connectivity index (χ0n) is 17.7. The minimum Gasteiger partial charge on any atom is -0.480 e. The van der Waals surface area contributed by atoms with Crippen molar-refractivity contribution in [2.45, 2.75) is 5.92 Å². The van der Waals surface area contributed by atoms with Gasteiger partial charge in [-0.25, -0.2) is 4.79 Å². The van der Waals surface area contributed by atoms with Crippen LogP contribution in [-0.4, -0.2) is 57.9 Å². The first kappa shape index (κ1) is 21.8. The number of amides is 2. The van der Waals surface area contributed by atoms with Crippen LogP contribution in [-0.2, 0) is 9.53 Å². The van der Waals surface area contributed by atoms with Crippen LogP contribution in [0.15, 0.2) is 67.3 Å². The van der Waals surface area contributed by atoms with E-state index in [1.54, 1.807) is 0 Å².